The molecule has 172 valence electrons. The molecule has 2 heterocycles. The molecule has 0 spiro atoms. The number of thioether (sulfide) groups is 1. The maximum Gasteiger partial charge on any atom is 0.267 e. The van der Waals surface area contributed by atoms with Gasteiger partial charge in [-0.1, -0.05) is 57.7 Å². The number of nitrogens with zero attached hydrogens (tertiary/aromatic N) is 2. The van der Waals surface area contributed by atoms with E-state index in [9.17, 15) is 4.79 Å². The first-order chi connectivity index (χ1) is 15.6. The third-order valence-electron chi connectivity index (χ3n) is 6.36. The van der Waals surface area contributed by atoms with Crippen molar-refractivity contribution >= 4 is 33.3 Å². The van der Waals surface area contributed by atoms with Crippen LogP contribution in [0.3, 0.4) is 0 Å². The molecule has 4 nitrogen and oxygen atoms in total. The second kappa shape index (κ2) is 10.9. The fraction of sp³-hybridized carbons (Fsp3) is 0.538. The zero-order chi connectivity index (χ0) is 22.5. The van der Waals surface area contributed by atoms with E-state index in [4.69, 9.17) is 9.72 Å². The molecule has 1 aliphatic carbocycles. The van der Waals surface area contributed by atoms with Gasteiger partial charge >= 0.3 is 0 Å². The van der Waals surface area contributed by atoms with Gasteiger partial charge in [0.05, 0.1) is 18.2 Å². The quantitative estimate of drug-likeness (QED) is 0.181. The number of ether oxygens (including phenoxy) is 1. The van der Waals surface area contributed by atoms with E-state index in [-0.39, 0.29) is 5.56 Å². The topological polar surface area (TPSA) is 44.1 Å². The lowest BCUT2D eigenvalue weighted by atomic mass is 9.89. The average Bonchev–Trinajstić information content (AvgIpc) is 3.16. The molecule has 0 bridgehead atoms. The minimum Gasteiger partial charge on any atom is -0.497 e. The largest absolute Gasteiger partial charge is 0.497 e. The summed E-state index contributed by atoms with van der Waals surface area (Å²) in [6, 6.07) is 7.75. The highest BCUT2D eigenvalue weighted by atomic mass is 32.2. The normalized spacial score (nSPS) is 15.8. The Bertz CT molecular complexity index is 1100. The minimum absolute atomic E-state index is 0.0812. The van der Waals surface area contributed by atoms with E-state index in [0.717, 1.165) is 58.2 Å². The van der Waals surface area contributed by atoms with Crippen molar-refractivity contribution in [1.29, 1.82) is 0 Å². The maximum atomic E-state index is 13.8. The Hall–Kier alpha value is -1.79. The summed E-state index contributed by atoms with van der Waals surface area (Å²) in [4.78, 5) is 21.1. The molecule has 0 N–H and O–H groups in total. The summed E-state index contributed by atoms with van der Waals surface area (Å²) in [6.45, 7) is 4.55. The van der Waals surface area contributed by atoms with Crippen molar-refractivity contribution < 1.29 is 4.74 Å². The molecule has 0 fully saturated rings. The fourth-order valence-electron chi connectivity index (χ4n) is 4.47. The molecule has 6 heteroatoms. The Labute approximate surface area is 199 Å². The lowest BCUT2D eigenvalue weighted by Gasteiger charge is -2.18. The number of benzene rings is 1. The summed E-state index contributed by atoms with van der Waals surface area (Å²) >= 11 is 3.46. The molecule has 0 saturated heterocycles. The first-order valence-electron chi connectivity index (χ1n) is 12.0. The standard InChI is InChI=1S/C26H34N2O2S2/c1-4-5-6-7-8-9-16-31-26-27-24-23(21-15-10-18(2)17-22(21)32-24)25(29)28(26)19-11-13-20(30-3)14-12-19/h11-14,18H,4-10,15-17H2,1-3H3. The second-order valence-corrected chi connectivity index (χ2v) is 11.0. The number of unbranched alkanes of at least 4 members (excludes halogenated alkanes) is 5. The predicted octanol–water partition coefficient (Wildman–Crippen LogP) is 7.03. The van der Waals surface area contributed by atoms with E-state index in [1.54, 1.807) is 30.2 Å². The van der Waals surface area contributed by atoms with E-state index in [1.165, 1.54) is 42.5 Å². The average molecular weight is 471 g/mol. The molecule has 1 aromatic carbocycles. The highest BCUT2D eigenvalue weighted by Crippen LogP contribution is 2.37. The molecular weight excluding hydrogens is 436 g/mol. The smallest absolute Gasteiger partial charge is 0.267 e. The molecule has 0 aliphatic heterocycles. The lowest BCUT2D eigenvalue weighted by Crippen LogP contribution is -2.22. The van der Waals surface area contributed by atoms with E-state index in [1.807, 2.05) is 28.8 Å². The van der Waals surface area contributed by atoms with Crippen molar-refractivity contribution in [3.05, 3.63) is 45.1 Å². The number of aromatic nitrogens is 2. The zero-order valence-electron chi connectivity index (χ0n) is 19.5. The molecule has 3 aromatic rings. The molecular formula is C26H34N2O2S2. The number of hydrogen-bond acceptors (Lipinski definition) is 5. The first kappa shape index (κ1) is 23.4. The van der Waals surface area contributed by atoms with Crippen LogP contribution in [0.1, 0.15) is 69.2 Å². The number of methoxy groups -OCH3 is 1. The highest BCUT2D eigenvalue weighted by molar-refractivity contribution is 7.99. The number of aryl methyl sites for hydroxylation is 1. The lowest BCUT2D eigenvalue weighted by molar-refractivity contribution is 0.414. The van der Waals surface area contributed by atoms with Gasteiger partial charge in [-0.2, -0.15) is 0 Å². The van der Waals surface area contributed by atoms with Crippen LogP contribution < -0.4 is 10.3 Å². The van der Waals surface area contributed by atoms with Crippen LogP contribution >= 0.6 is 23.1 Å². The molecule has 1 aliphatic rings. The van der Waals surface area contributed by atoms with E-state index in [0.29, 0.717) is 5.92 Å². The molecule has 1 atom stereocenters. The SMILES string of the molecule is CCCCCCCCSc1nc2sc3c(c2c(=O)n1-c1ccc(OC)cc1)CCC(C)C3. The van der Waals surface area contributed by atoms with Crippen LogP contribution in [0.15, 0.2) is 34.2 Å². The number of thiophene rings is 1. The second-order valence-electron chi connectivity index (χ2n) is 8.88. The summed E-state index contributed by atoms with van der Waals surface area (Å²) in [5.74, 6) is 2.46. The Morgan fingerprint density at radius 1 is 1.16 bits per heavy atom. The Morgan fingerprint density at radius 2 is 1.91 bits per heavy atom. The van der Waals surface area contributed by atoms with Gasteiger partial charge in [-0.3, -0.25) is 9.36 Å². The monoisotopic (exact) mass is 470 g/mol. The third-order valence-corrected chi connectivity index (χ3v) is 8.53. The van der Waals surface area contributed by atoms with Crippen molar-refractivity contribution in [1.82, 2.24) is 9.55 Å². The molecule has 2 aromatic heterocycles. The van der Waals surface area contributed by atoms with Gasteiger partial charge < -0.3 is 4.74 Å². The van der Waals surface area contributed by atoms with Crippen molar-refractivity contribution in [2.24, 2.45) is 5.92 Å². The van der Waals surface area contributed by atoms with Crippen LogP contribution in [0.4, 0.5) is 0 Å². The van der Waals surface area contributed by atoms with Gasteiger partial charge in [0.1, 0.15) is 10.6 Å². The summed E-state index contributed by atoms with van der Waals surface area (Å²) in [5, 5.41) is 1.66. The van der Waals surface area contributed by atoms with Gasteiger partial charge in [-0.05, 0) is 61.4 Å². The molecule has 32 heavy (non-hydrogen) atoms. The Kier molecular flexibility index (Phi) is 7.95. The molecule has 0 amide bonds. The van der Waals surface area contributed by atoms with E-state index in [2.05, 4.69) is 13.8 Å². The predicted molar refractivity (Wildman–Crippen MR) is 137 cm³/mol. The number of fused-ring (bicyclic) bond motifs is 3. The van der Waals surface area contributed by atoms with Gasteiger partial charge in [0, 0.05) is 10.6 Å². The summed E-state index contributed by atoms with van der Waals surface area (Å²) in [5.41, 5.74) is 2.19. The van der Waals surface area contributed by atoms with Crippen LogP contribution in [-0.4, -0.2) is 22.4 Å². The molecule has 1 unspecified atom stereocenters. The summed E-state index contributed by atoms with van der Waals surface area (Å²) < 4.78 is 7.15. The van der Waals surface area contributed by atoms with Gasteiger partial charge in [0.2, 0.25) is 0 Å². The molecule has 4 rings (SSSR count). The van der Waals surface area contributed by atoms with Crippen LogP contribution in [-0.2, 0) is 12.8 Å². The van der Waals surface area contributed by atoms with Crippen LogP contribution in [0.25, 0.3) is 15.9 Å². The zero-order valence-corrected chi connectivity index (χ0v) is 21.1. The van der Waals surface area contributed by atoms with Crippen LogP contribution in [0, 0.1) is 5.92 Å². The maximum absolute atomic E-state index is 13.8. The van der Waals surface area contributed by atoms with Gasteiger partial charge in [0.15, 0.2) is 5.16 Å². The number of rotatable bonds is 10. The van der Waals surface area contributed by atoms with Gasteiger partial charge in [-0.15, -0.1) is 11.3 Å². The van der Waals surface area contributed by atoms with Crippen molar-refractivity contribution in [3.8, 4) is 11.4 Å². The molecule has 0 saturated carbocycles. The van der Waals surface area contributed by atoms with Gasteiger partial charge in [0.25, 0.3) is 5.56 Å². The number of hydrogen-bond donors (Lipinski definition) is 0. The third kappa shape index (κ3) is 5.07. The van der Waals surface area contributed by atoms with Gasteiger partial charge in [-0.25, -0.2) is 4.98 Å². The Morgan fingerprint density at radius 3 is 2.66 bits per heavy atom. The van der Waals surface area contributed by atoms with Crippen LogP contribution in [0.2, 0.25) is 0 Å². The summed E-state index contributed by atoms with van der Waals surface area (Å²) in [7, 11) is 1.66. The summed E-state index contributed by atoms with van der Waals surface area (Å²) in [6.07, 6.45) is 10.8. The highest BCUT2D eigenvalue weighted by Gasteiger charge is 2.25. The van der Waals surface area contributed by atoms with Crippen molar-refractivity contribution in [2.75, 3.05) is 12.9 Å². The van der Waals surface area contributed by atoms with Crippen LogP contribution in [0.5, 0.6) is 5.75 Å². The van der Waals surface area contributed by atoms with Crippen molar-refractivity contribution in [2.45, 2.75) is 76.8 Å². The van der Waals surface area contributed by atoms with E-state index >= 15 is 0 Å². The molecule has 0 radical (unpaired) electrons. The first-order valence-corrected chi connectivity index (χ1v) is 13.8. The van der Waals surface area contributed by atoms with E-state index < -0.39 is 0 Å². The Balaban J connectivity index is 1.67. The minimum atomic E-state index is 0.0812. The fourth-order valence-corrected chi connectivity index (χ4v) is 6.91. The van der Waals surface area contributed by atoms with Crippen molar-refractivity contribution in [3.63, 3.8) is 0 Å².